The summed E-state index contributed by atoms with van der Waals surface area (Å²) in [5, 5.41) is 3.31. The molecule has 0 aliphatic carbocycles. The van der Waals surface area contributed by atoms with Gasteiger partial charge in [0.05, 0.1) is 5.69 Å². The van der Waals surface area contributed by atoms with Crippen molar-refractivity contribution in [1.29, 1.82) is 0 Å². The minimum Gasteiger partial charge on any atom is -0.381 e. The molecule has 0 aliphatic heterocycles. The summed E-state index contributed by atoms with van der Waals surface area (Å²) in [5.74, 6) is 0. The number of benzene rings is 1. The smallest absolute Gasteiger partial charge is 0.0653 e. The van der Waals surface area contributed by atoms with Crippen LogP contribution >= 0.6 is 0 Å². The molecule has 0 fully saturated rings. The topological polar surface area (TPSA) is 24.9 Å². The van der Waals surface area contributed by atoms with Crippen LogP contribution in [0.5, 0.6) is 0 Å². The molecule has 0 spiro atoms. The third kappa shape index (κ3) is 3.55. The monoisotopic (exact) mass is 250 g/mol. The lowest BCUT2D eigenvalue weighted by atomic mass is 10.1. The highest BCUT2D eigenvalue weighted by atomic mass is 14.9. The van der Waals surface area contributed by atoms with Gasteiger partial charge in [-0.3, -0.25) is 4.98 Å². The average Bonchev–Trinajstić information content (AvgIpc) is 2.46. The Morgan fingerprint density at radius 1 is 1.11 bits per heavy atom. The van der Waals surface area contributed by atoms with E-state index < -0.39 is 0 Å². The van der Waals surface area contributed by atoms with Crippen molar-refractivity contribution in [2.24, 2.45) is 0 Å². The first-order valence-corrected chi connectivity index (χ1v) is 6.26. The van der Waals surface area contributed by atoms with Crippen LogP contribution in [-0.4, -0.2) is 4.98 Å². The maximum Gasteiger partial charge on any atom is 0.0653 e. The summed E-state index contributed by atoms with van der Waals surface area (Å²) in [5.41, 5.74) is 5.00. The highest BCUT2D eigenvalue weighted by Crippen LogP contribution is 2.13. The van der Waals surface area contributed by atoms with Gasteiger partial charge in [0.1, 0.15) is 0 Å². The van der Waals surface area contributed by atoms with E-state index in [1.165, 1.54) is 5.56 Å². The fraction of sp³-hybridized carbons (Fsp3) is 0.118. The van der Waals surface area contributed by atoms with Crippen LogP contribution in [0.25, 0.3) is 11.3 Å². The molecule has 19 heavy (non-hydrogen) atoms. The first kappa shape index (κ1) is 13.1. The Balaban J connectivity index is 1.98. The second kappa shape index (κ2) is 6.01. The van der Waals surface area contributed by atoms with Crippen molar-refractivity contribution in [2.75, 3.05) is 0 Å². The van der Waals surface area contributed by atoms with Gasteiger partial charge in [-0.25, -0.2) is 0 Å². The number of rotatable bonds is 5. The predicted octanol–water partition coefficient (Wildman–Crippen LogP) is 3.88. The fourth-order valence-corrected chi connectivity index (χ4v) is 1.73. The third-order valence-corrected chi connectivity index (χ3v) is 2.90. The molecular weight excluding hydrogens is 232 g/mol. The number of nitrogens with one attached hydrogen (secondary N) is 1. The highest BCUT2D eigenvalue weighted by Gasteiger charge is 2.00. The van der Waals surface area contributed by atoms with Crippen molar-refractivity contribution in [3.63, 3.8) is 0 Å². The van der Waals surface area contributed by atoms with Gasteiger partial charge in [0.15, 0.2) is 0 Å². The van der Waals surface area contributed by atoms with Crippen LogP contribution in [0.3, 0.4) is 0 Å². The van der Waals surface area contributed by atoms with Crippen LogP contribution < -0.4 is 5.32 Å². The van der Waals surface area contributed by atoms with Gasteiger partial charge in [-0.1, -0.05) is 43.5 Å². The molecule has 0 unspecified atom stereocenters. The highest BCUT2D eigenvalue weighted by molar-refractivity contribution is 5.64. The molecule has 0 saturated heterocycles. The zero-order chi connectivity index (χ0) is 13.7. The Morgan fingerprint density at radius 3 is 2.42 bits per heavy atom. The summed E-state index contributed by atoms with van der Waals surface area (Å²) in [6, 6.07) is 14.2. The van der Waals surface area contributed by atoms with Crippen molar-refractivity contribution in [3.8, 4) is 0 Å². The van der Waals surface area contributed by atoms with Crippen LogP contribution in [0.1, 0.15) is 23.7 Å². The van der Waals surface area contributed by atoms with E-state index in [1.54, 1.807) is 0 Å². The summed E-state index contributed by atoms with van der Waals surface area (Å²) in [4.78, 5) is 4.35. The Morgan fingerprint density at radius 2 is 1.84 bits per heavy atom. The van der Waals surface area contributed by atoms with E-state index >= 15 is 0 Å². The van der Waals surface area contributed by atoms with E-state index in [0.29, 0.717) is 0 Å². The molecule has 96 valence electrons. The fourth-order valence-electron chi connectivity index (χ4n) is 1.73. The molecule has 2 rings (SSSR count). The SMILES string of the molecule is C=C(NCc1ccccc1)c1ccc(C(=C)C)nc1. The molecule has 0 atom stereocenters. The molecule has 0 bridgehead atoms. The largest absolute Gasteiger partial charge is 0.381 e. The maximum absolute atomic E-state index is 4.35. The lowest BCUT2D eigenvalue weighted by molar-refractivity contribution is 0.890. The standard InChI is InChI=1S/C17H18N2/c1-13(2)17-10-9-16(12-19-17)14(3)18-11-15-7-5-4-6-8-15/h4-10,12,18H,1,3,11H2,2H3. The molecule has 1 heterocycles. The summed E-state index contributed by atoms with van der Waals surface area (Å²) < 4.78 is 0. The van der Waals surface area contributed by atoms with Gasteiger partial charge in [0.25, 0.3) is 0 Å². The molecule has 1 aromatic carbocycles. The van der Waals surface area contributed by atoms with Gasteiger partial charge in [-0.05, 0) is 30.2 Å². The van der Waals surface area contributed by atoms with Crippen molar-refractivity contribution >= 4 is 11.3 Å². The number of allylic oxidation sites excluding steroid dienone is 1. The van der Waals surface area contributed by atoms with Crippen molar-refractivity contribution in [3.05, 3.63) is 78.6 Å². The molecule has 0 saturated carbocycles. The molecule has 2 heteroatoms. The second-order valence-electron chi connectivity index (χ2n) is 4.53. The van der Waals surface area contributed by atoms with E-state index in [4.69, 9.17) is 0 Å². The molecular formula is C17H18N2. The molecule has 0 amide bonds. The number of hydrogen-bond donors (Lipinski definition) is 1. The van der Waals surface area contributed by atoms with E-state index in [2.05, 4.69) is 35.6 Å². The van der Waals surface area contributed by atoms with Crippen LogP contribution in [0, 0.1) is 0 Å². The van der Waals surface area contributed by atoms with Crippen LogP contribution in [-0.2, 0) is 6.54 Å². The minimum absolute atomic E-state index is 0.766. The second-order valence-corrected chi connectivity index (χ2v) is 4.53. The van der Waals surface area contributed by atoms with E-state index in [-0.39, 0.29) is 0 Å². The predicted molar refractivity (Wildman–Crippen MR) is 81.3 cm³/mol. The Kier molecular flexibility index (Phi) is 4.14. The summed E-state index contributed by atoms with van der Waals surface area (Å²) in [6.45, 7) is 10.6. The van der Waals surface area contributed by atoms with Crippen molar-refractivity contribution < 1.29 is 0 Å². The Hall–Kier alpha value is -2.35. The Labute approximate surface area is 114 Å². The van der Waals surface area contributed by atoms with E-state index in [9.17, 15) is 0 Å². The lowest BCUT2D eigenvalue weighted by Gasteiger charge is -2.10. The number of nitrogens with zero attached hydrogens (tertiary/aromatic N) is 1. The molecule has 2 nitrogen and oxygen atoms in total. The van der Waals surface area contributed by atoms with Gasteiger partial charge < -0.3 is 5.32 Å². The van der Waals surface area contributed by atoms with Gasteiger partial charge in [-0.2, -0.15) is 0 Å². The number of pyridine rings is 1. The van der Waals surface area contributed by atoms with Gasteiger partial charge in [0, 0.05) is 24.0 Å². The zero-order valence-electron chi connectivity index (χ0n) is 11.2. The number of hydrogen-bond acceptors (Lipinski definition) is 2. The van der Waals surface area contributed by atoms with Crippen LogP contribution in [0.15, 0.2) is 61.8 Å². The van der Waals surface area contributed by atoms with Gasteiger partial charge >= 0.3 is 0 Å². The minimum atomic E-state index is 0.766. The van der Waals surface area contributed by atoms with E-state index in [0.717, 1.165) is 29.1 Å². The van der Waals surface area contributed by atoms with E-state index in [1.807, 2.05) is 43.5 Å². The summed E-state index contributed by atoms with van der Waals surface area (Å²) in [7, 11) is 0. The summed E-state index contributed by atoms with van der Waals surface area (Å²) in [6.07, 6.45) is 1.82. The van der Waals surface area contributed by atoms with Crippen LogP contribution in [0.4, 0.5) is 0 Å². The molecule has 0 radical (unpaired) electrons. The molecule has 0 aliphatic rings. The molecule has 2 aromatic rings. The summed E-state index contributed by atoms with van der Waals surface area (Å²) >= 11 is 0. The van der Waals surface area contributed by atoms with Crippen molar-refractivity contribution in [1.82, 2.24) is 10.3 Å². The van der Waals surface area contributed by atoms with Gasteiger partial charge in [-0.15, -0.1) is 0 Å². The van der Waals surface area contributed by atoms with Crippen molar-refractivity contribution in [2.45, 2.75) is 13.5 Å². The third-order valence-electron chi connectivity index (χ3n) is 2.90. The maximum atomic E-state index is 4.35. The zero-order valence-corrected chi connectivity index (χ0v) is 11.2. The molecule has 1 aromatic heterocycles. The average molecular weight is 250 g/mol. The Bertz CT molecular complexity index is 568. The van der Waals surface area contributed by atoms with Gasteiger partial charge in [0.2, 0.25) is 0 Å². The lowest BCUT2D eigenvalue weighted by Crippen LogP contribution is -2.11. The first-order valence-electron chi connectivity index (χ1n) is 6.26. The number of aromatic nitrogens is 1. The normalized spacial score (nSPS) is 9.95. The quantitative estimate of drug-likeness (QED) is 0.871. The molecule has 1 N–H and O–H groups in total. The van der Waals surface area contributed by atoms with Crippen LogP contribution in [0.2, 0.25) is 0 Å². The first-order chi connectivity index (χ1) is 9.16.